The molecule has 2 amide bonds. The Morgan fingerprint density at radius 2 is 1.79 bits per heavy atom. The number of fused-ring (bicyclic) bond motifs is 1. The van der Waals surface area contributed by atoms with Crippen molar-refractivity contribution in [2.75, 3.05) is 6.54 Å². The molecule has 2 aliphatic rings. The molecule has 2 fully saturated rings. The Kier molecular flexibility index (Phi) is 5.54. The Morgan fingerprint density at radius 3 is 2.45 bits per heavy atom. The summed E-state index contributed by atoms with van der Waals surface area (Å²) in [5.41, 5.74) is 1.17. The monoisotopic (exact) mass is 450 g/mol. The second-order valence-corrected chi connectivity index (χ2v) is 9.14. The van der Waals surface area contributed by atoms with Gasteiger partial charge >= 0.3 is 0 Å². The van der Waals surface area contributed by atoms with Gasteiger partial charge in [-0.2, -0.15) is 0 Å². The van der Waals surface area contributed by atoms with Crippen LogP contribution >= 0.6 is 34.8 Å². The van der Waals surface area contributed by atoms with Crippen LogP contribution in [-0.2, 0) is 9.59 Å². The fraction of sp³-hybridized carbons (Fsp3) is 0.364. The molecule has 1 heterocycles. The Labute approximate surface area is 184 Å². The number of carbonyl (C=O) groups is 2. The van der Waals surface area contributed by atoms with Crippen LogP contribution in [-0.4, -0.2) is 23.9 Å². The third-order valence-corrected chi connectivity index (χ3v) is 7.07. The van der Waals surface area contributed by atoms with Gasteiger partial charge < -0.3 is 10.6 Å². The third kappa shape index (κ3) is 3.63. The maximum absolute atomic E-state index is 12.9. The summed E-state index contributed by atoms with van der Waals surface area (Å²) in [6, 6.07) is 13.3. The van der Waals surface area contributed by atoms with Gasteiger partial charge in [0.05, 0.1) is 0 Å². The van der Waals surface area contributed by atoms with Crippen LogP contribution in [0.15, 0.2) is 42.5 Å². The number of nitrogens with one attached hydrogen (secondary N) is 2. The van der Waals surface area contributed by atoms with Gasteiger partial charge in [-0.1, -0.05) is 53.0 Å². The van der Waals surface area contributed by atoms with E-state index in [1.54, 1.807) is 6.07 Å². The van der Waals surface area contributed by atoms with E-state index in [9.17, 15) is 9.59 Å². The van der Waals surface area contributed by atoms with Gasteiger partial charge in [-0.15, -0.1) is 0 Å². The van der Waals surface area contributed by atoms with E-state index in [2.05, 4.69) is 10.6 Å². The van der Waals surface area contributed by atoms with Crippen molar-refractivity contribution in [1.82, 2.24) is 10.6 Å². The molecule has 29 heavy (non-hydrogen) atoms. The van der Waals surface area contributed by atoms with Gasteiger partial charge in [0.15, 0.2) is 0 Å². The number of amides is 2. The molecule has 7 heteroatoms. The lowest BCUT2D eigenvalue weighted by Gasteiger charge is -2.46. The minimum Gasteiger partial charge on any atom is -0.354 e. The number of halogens is 3. The number of carbonyl (C=O) groups excluding carboxylic acids is 2. The first-order valence-electron chi connectivity index (χ1n) is 9.59. The molecule has 1 aliphatic carbocycles. The van der Waals surface area contributed by atoms with Crippen molar-refractivity contribution in [3.8, 4) is 0 Å². The lowest BCUT2D eigenvalue weighted by Crippen LogP contribution is -2.60. The zero-order valence-corrected chi connectivity index (χ0v) is 18.1. The van der Waals surface area contributed by atoms with Gasteiger partial charge in [0, 0.05) is 34.5 Å². The van der Waals surface area contributed by atoms with Crippen LogP contribution in [0.2, 0.25) is 15.1 Å². The quantitative estimate of drug-likeness (QED) is 0.695. The molecule has 0 radical (unpaired) electrons. The molecule has 4 rings (SSSR count). The summed E-state index contributed by atoms with van der Waals surface area (Å²) in [6.07, 6.45) is 1.26. The molecule has 2 N–H and O–H groups in total. The Hall–Kier alpha value is -1.75. The molecule has 4 nitrogen and oxygen atoms in total. The van der Waals surface area contributed by atoms with E-state index in [1.807, 2.05) is 36.4 Å². The summed E-state index contributed by atoms with van der Waals surface area (Å²) >= 11 is 18.8. The van der Waals surface area contributed by atoms with Gasteiger partial charge in [-0.05, 0) is 60.1 Å². The average molecular weight is 452 g/mol. The highest BCUT2D eigenvalue weighted by atomic mass is 35.5. The van der Waals surface area contributed by atoms with Crippen LogP contribution in [0.25, 0.3) is 0 Å². The van der Waals surface area contributed by atoms with Crippen molar-refractivity contribution < 1.29 is 9.59 Å². The molecule has 1 aliphatic heterocycles. The number of benzene rings is 2. The van der Waals surface area contributed by atoms with Gasteiger partial charge in [-0.25, -0.2) is 0 Å². The number of hydrogen-bond donors (Lipinski definition) is 2. The largest absolute Gasteiger partial charge is 0.354 e. The first kappa shape index (κ1) is 20.5. The maximum atomic E-state index is 12.9. The molecule has 2 aromatic carbocycles. The molecule has 4 atom stereocenters. The van der Waals surface area contributed by atoms with Crippen molar-refractivity contribution in [3.63, 3.8) is 0 Å². The van der Waals surface area contributed by atoms with Crippen LogP contribution < -0.4 is 10.6 Å². The first-order chi connectivity index (χ1) is 13.8. The summed E-state index contributed by atoms with van der Waals surface area (Å²) < 4.78 is 0. The molecule has 152 valence electrons. The molecule has 4 unspecified atom stereocenters. The molecular weight excluding hydrogens is 431 g/mol. The summed E-state index contributed by atoms with van der Waals surface area (Å²) in [5, 5.41) is 7.82. The second-order valence-electron chi connectivity index (χ2n) is 7.86. The van der Waals surface area contributed by atoms with E-state index < -0.39 is 5.54 Å². The van der Waals surface area contributed by atoms with Crippen LogP contribution in [0, 0.1) is 5.92 Å². The van der Waals surface area contributed by atoms with Crippen LogP contribution in [0.1, 0.15) is 42.7 Å². The topological polar surface area (TPSA) is 58.2 Å². The predicted molar refractivity (Wildman–Crippen MR) is 116 cm³/mol. The standard InChI is InChI=1S/C22H21Cl3N2O2/c1-12(28)27-22-9-8-17(16-7-6-15(24)10-19(16)25)20(18(22)11-26-21(22)29)13-2-4-14(23)5-3-13/h2-7,10,17-18,20H,8-9,11H2,1H3,(H,26,29)(H,27,28). The van der Waals surface area contributed by atoms with Crippen LogP contribution in [0.3, 0.4) is 0 Å². The van der Waals surface area contributed by atoms with Gasteiger partial charge in [0.25, 0.3) is 0 Å². The maximum Gasteiger partial charge on any atom is 0.246 e. The highest BCUT2D eigenvalue weighted by Crippen LogP contribution is 2.54. The minimum atomic E-state index is -0.911. The summed E-state index contributed by atoms with van der Waals surface area (Å²) in [5.74, 6) is -0.362. The lowest BCUT2D eigenvalue weighted by molar-refractivity contribution is -0.133. The average Bonchev–Trinajstić information content (AvgIpc) is 2.98. The van der Waals surface area contributed by atoms with Gasteiger partial charge in [0.1, 0.15) is 5.54 Å². The van der Waals surface area contributed by atoms with Crippen LogP contribution in [0.5, 0.6) is 0 Å². The molecular formula is C22H21Cl3N2O2. The van der Waals surface area contributed by atoms with Crippen molar-refractivity contribution in [3.05, 3.63) is 68.7 Å². The fourth-order valence-corrected chi connectivity index (χ4v) is 5.78. The van der Waals surface area contributed by atoms with Crippen molar-refractivity contribution in [1.29, 1.82) is 0 Å². The molecule has 2 aromatic rings. The zero-order valence-electron chi connectivity index (χ0n) is 15.8. The highest BCUT2D eigenvalue weighted by molar-refractivity contribution is 6.35. The first-order valence-corrected chi connectivity index (χ1v) is 10.7. The molecule has 1 saturated carbocycles. The predicted octanol–water partition coefficient (Wildman–Crippen LogP) is 4.93. The van der Waals surface area contributed by atoms with E-state index in [4.69, 9.17) is 34.8 Å². The molecule has 0 bridgehead atoms. The number of hydrogen-bond acceptors (Lipinski definition) is 2. The summed E-state index contributed by atoms with van der Waals surface area (Å²) in [6.45, 7) is 1.95. The lowest BCUT2D eigenvalue weighted by atomic mass is 9.60. The van der Waals surface area contributed by atoms with E-state index >= 15 is 0 Å². The Morgan fingerprint density at radius 1 is 1.10 bits per heavy atom. The molecule has 0 spiro atoms. The Balaban J connectivity index is 1.84. The van der Waals surface area contributed by atoms with E-state index in [0.717, 1.165) is 11.1 Å². The summed E-state index contributed by atoms with van der Waals surface area (Å²) in [7, 11) is 0. The normalized spacial score (nSPS) is 28.6. The molecule has 1 saturated heterocycles. The second kappa shape index (κ2) is 7.82. The zero-order chi connectivity index (χ0) is 20.8. The van der Waals surface area contributed by atoms with Gasteiger partial charge in [-0.3, -0.25) is 9.59 Å². The number of rotatable bonds is 3. The minimum absolute atomic E-state index is 0.0227. The fourth-order valence-electron chi connectivity index (χ4n) is 5.11. The van der Waals surface area contributed by atoms with Crippen molar-refractivity contribution in [2.24, 2.45) is 5.92 Å². The van der Waals surface area contributed by atoms with Gasteiger partial charge in [0.2, 0.25) is 11.8 Å². The molecule has 0 aromatic heterocycles. The van der Waals surface area contributed by atoms with Crippen molar-refractivity contribution in [2.45, 2.75) is 37.1 Å². The van der Waals surface area contributed by atoms with E-state index in [1.165, 1.54) is 6.92 Å². The van der Waals surface area contributed by atoms with E-state index in [0.29, 0.717) is 34.5 Å². The SMILES string of the molecule is CC(=O)NC12CCC(c3ccc(Cl)cc3Cl)C(c3ccc(Cl)cc3)C1CNC2=O. The summed E-state index contributed by atoms with van der Waals surface area (Å²) in [4.78, 5) is 24.8. The third-order valence-electron chi connectivity index (χ3n) is 6.25. The van der Waals surface area contributed by atoms with Crippen molar-refractivity contribution >= 4 is 46.6 Å². The Bertz CT molecular complexity index is 963. The van der Waals surface area contributed by atoms with Crippen LogP contribution in [0.4, 0.5) is 0 Å². The highest BCUT2D eigenvalue weighted by Gasteiger charge is 2.58. The smallest absolute Gasteiger partial charge is 0.246 e. The van der Waals surface area contributed by atoms with E-state index in [-0.39, 0.29) is 29.6 Å².